The molecule has 2 aromatic carbocycles. The Bertz CT molecular complexity index is 631. The van der Waals surface area contributed by atoms with Crippen LogP contribution in [0.15, 0.2) is 42.5 Å². The number of hydrogen-bond donors (Lipinski definition) is 1. The summed E-state index contributed by atoms with van der Waals surface area (Å²) in [5.74, 6) is -0.503. The summed E-state index contributed by atoms with van der Waals surface area (Å²) in [5.41, 5.74) is 7.28. The lowest BCUT2D eigenvalue weighted by atomic mass is 9.91. The first-order chi connectivity index (χ1) is 11.1. The quantitative estimate of drug-likeness (QED) is 0.731. The predicted octanol–water partition coefficient (Wildman–Crippen LogP) is 4.43. The summed E-state index contributed by atoms with van der Waals surface area (Å²) in [4.78, 5) is 0. The van der Waals surface area contributed by atoms with Crippen molar-refractivity contribution in [3.63, 3.8) is 0 Å². The van der Waals surface area contributed by atoms with Crippen LogP contribution in [0.25, 0.3) is 0 Å². The molecule has 0 saturated carbocycles. The summed E-state index contributed by atoms with van der Waals surface area (Å²) in [6.07, 6.45) is 2.68. The fraction of sp³-hybridized carbons (Fsp3) is 0.368. The van der Waals surface area contributed by atoms with Gasteiger partial charge in [-0.3, -0.25) is 0 Å². The van der Waals surface area contributed by atoms with Gasteiger partial charge >= 0.3 is 0 Å². The minimum atomic E-state index is -0.576. The van der Waals surface area contributed by atoms with Gasteiger partial charge in [-0.15, -0.1) is 0 Å². The summed E-state index contributed by atoms with van der Waals surface area (Å²) >= 11 is 0. The van der Waals surface area contributed by atoms with Crippen LogP contribution in [0.3, 0.4) is 0 Å². The van der Waals surface area contributed by atoms with Crippen molar-refractivity contribution in [2.24, 2.45) is 5.73 Å². The van der Waals surface area contributed by atoms with Crippen molar-refractivity contribution in [1.29, 1.82) is 0 Å². The normalized spacial score (nSPS) is 12.2. The van der Waals surface area contributed by atoms with Crippen LogP contribution in [0.1, 0.15) is 36.8 Å². The molecule has 2 rings (SSSR count). The molecule has 0 spiro atoms. The molecule has 23 heavy (non-hydrogen) atoms. The van der Waals surface area contributed by atoms with Gasteiger partial charge in [-0.25, -0.2) is 8.78 Å². The first-order valence-electron chi connectivity index (χ1n) is 8.00. The Morgan fingerprint density at radius 2 is 1.96 bits per heavy atom. The molecule has 0 aliphatic heterocycles. The van der Waals surface area contributed by atoms with E-state index in [-0.39, 0.29) is 5.92 Å². The van der Waals surface area contributed by atoms with Gasteiger partial charge < -0.3 is 10.5 Å². The predicted molar refractivity (Wildman–Crippen MR) is 88.7 cm³/mol. The van der Waals surface area contributed by atoms with Crippen LogP contribution in [0.5, 0.6) is 5.75 Å². The molecule has 2 N–H and O–H groups in total. The molecule has 0 radical (unpaired) electrons. The number of hydrogen-bond acceptors (Lipinski definition) is 2. The van der Waals surface area contributed by atoms with E-state index in [1.807, 2.05) is 24.3 Å². The fourth-order valence-corrected chi connectivity index (χ4v) is 2.53. The van der Waals surface area contributed by atoms with Crippen LogP contribution in [-0.4, -0.2) is 13.2 Å². The topological polar surface area (TPSA) is 35.2 Å². The largest absolute Gasteiger partial charge is 0.494 e. The van der Waals surface area contributed by atoms with Gasteiger partial charge in [0.1, 0.15) is 17.4 Å². The van der Waals surface area contributed by atoms with E-state index in [2.05, 4.69) is 6.92 Å². The molecule has 0 heterocycles. The van der Waals surface area contributed by atoms with Crippen molar-refractivity contribution in [2.75, 3.05) is 13.2 Å². The Morgan fingerprint density at radius 1 is 1.13 bits per heavy atom. The highest BCUT2D eigenvalue weighted by atomic mass is 19.1. The highest BCUT2D eigenvalue weighted by molar-refractivity contribution is 5.31. The Kier molecular flexibility index (Phi) is 6.53. The number of nitrogens with two attached hydrogens (primary N) is 1. The zero-order valence-corrected chi connectivity index (χ0v) is 13.4. The zero-order valence-electron chi connectivity index (χ0n) is 13.4. The average molecular weight is 319 g/mol. The smallest absolute Gasteiger partial charge is 0.129 e. The monoisotopic (exact) mass is 319 g/mol. The minimum Gasteiger partial charge on any atom is -0.494 e. The number of ether oxygens (including phenoxy) is 1. The van der Waals surface area contributed by atoms with E-state index in [4.69, 9.17) is 10.5 Å². The van der Waals surface area contributed by atoms with Gasteiger partial charge in [-0.1, -0.05) is 31.5 Å². The molecule has 0 aliphatic carbocycles. The molecule has 1 atom stereocenters. The SMILES string of the molecule is CCCCOc1cccc(CC(CN)c2ccc(F)cc2F)c1. The van der Waals surface area contributed by atoms with E-state index in [1.165, 1.54) is 12.1 Å². The standard InChI is InChI=1S/C19H23F2NO/c1-2-3-9-23-17-6-4-5-14(11-17)10-15(13-22)18-8-7-16(20)12-19(18)21/h4-8,11-12,15H,2-3,9-10,13,22H2,1H3. The number of unbranched alkanes of at least 4 members (excludes halogenated alkanes) is 1. The Balaban J connectivity index is 2.10. The minimum absolute atomic E-state index is 0.193. The number of rotatable bonds is 8. The van der Waals surface area contributed by atoms with E-state index in [9.17, 15) is 8.78 Å². The molecule has 4 heteroatoms. The van der Waals surface area contributed by atoms with E-state index >= 15 is 0 Å². The van der Waals surface area contributed by atoms with Gasteiger partial charge in [0.25, 0.3) is 0 Å². The summed E-state index contributed by atoms with van der Waals surface area (Å²) in [6, 6.07) is 11.4. The molecule has 0 fully saturated rings. The van der Waals surface area contributed by atoms with Crippen LogP contribution >= 0.6 is 0 Å². The van der Waals surface area contributed by atoms with Gasteiger partial charge in [0.05, 0.1) is 6.61 Å². The van der Waals surface area contributed by atoms with E-state index in [1.54, 1.807) is 0 Å². The van der Waals surface area contributed by atoms with E-state index in [0.717, 1.165) is 30.2 Å². The maximum absolute atomic E-state index is 14.0. The third-order valence-corrected chi connectivity index (χ3v) is 3.83. The highest BCUT2D eigenvalue weighted by Gasteiger charge is 2.16. The molecule has 0 aromatic heterocycles. The summed E-state index contributed by atoms with van der Waals surface area (Å²) in [5, 5.41) is 0. The van der Waals surface area contributed by atoms with Crippen molar-refractivity contribution in [2.45, 2.75) is 32.1 Å². The molecule has 0 bridgehead atoms. The van der Waals surface area contributed by atoms with Crippen LogP contribution in [0.2, 0.25) is 0 Å². The molecule has 0 aliphatic rings. The van der Waals surface area contributed by atoms with Crippen LogP contribution in [-0.2, 0) is 6.42 Å². The van der Waals surface area contributed by atoms with Crippen molar-refractivity contribution < 1.29 is 13.5 Å². The third-order valence-electron chi connectivity index (χ3n) is 3.83. The highest BCUT2D eigenvalue weighted by Crippen LogP contribution is 2.25. The first kappa shape index (κ1) is 17.4. The van der Waals surface area contributed by atoms with Crippen LogP contribution in [0.4, 0.5) is 8.78 Å². The molecule has 1 unspecified atom stereocenters. The zero-order chi connectivity index (χ0) is 16.7. The second kappa shape index (κ2) is 8.63. The second-order valence-corrected chi connectivity index (χ2v) is 5.65. The van der Waals surface area contributed by atoms with Gasteiger partial charge in [0.15, 0.2) is 0 Å². The lowest BCUT2D eigenvalue weighted by Crippen LogP contribution is -2.16. The summed E-state index contributed by atoms with van der Waals surface area (Å²) < 4.78 is 32.7. The van der Waals surface area contributed by atoms with Gasteiger partial charge in [-0.05, 0) is 48.7 Å². The Morgan fingerprint density at radius 3 is 2.65 bits per heavy atom. The van der Waals surface area contributed by atoms with Gasteiger partial charge in [-0.2, -0.15) is 0 Å². The maximum atomic E-state index is 14.0. The molecule has 2 nitrogen and oxygen atoms in total. The Hall–Kier alpha value is -1.94. The van der Waals surface area contributed by atoms with Crippen LogP contribution < -0.4 is 10.5 Å². The summed E-state index contributed by atoms with van der Waals surface area (Å²) in [7, 11) is 0. The molecular formula is C19H23F2NO. The maximum Gasteiger partial charge on any atom is 0.129 e. The molecule has 124 valence electrons. The van der Waals surface area contributed by atoms with E-state index in [0.29, 0.717) is 25.1 Å². The van der Waals surface area contributed by atoms with Crippen LogP contribution in [0, 0.1) is 11.6 Å². The van der Waals surface area contributed by atoms with Gasteiger partial charge in [0.2, 0.25) is 0 Å². The van der Waals surface area contributed by atoms with Gasteiger partial charge in [0, 0.05) is 12.0 Å². The van der Waals surface area contributed by atoms with E-state index < -0.39 is 11.6 Å². The number of halogens is 2. The molecule has 0 amide bonds. The molecule has 0 saturated heterocycles. The summed E-state index contributed by atoms with van der Waals surface area (Å²) in [6.45, 7) is 3.10. The molecular weight excluding hydrogens is 296 g/mol. The van der Waals surface area contributed by atoms with Crippen molar-refractivity contribution in [1.82, 2.24) is 0 Å². The third kappa shape index (κ3) is 5.03. The lowest BCUT2D eigenvalue weighted by Gasteiger charge is -2.17. The first-order valence-corrected chi connectivity index (χ1v) is 8.00. The van der Waals surface area contributed by atoms with Crippen molar-refractivity contribution >= 4 is 0 Å². The van der Waals surface area contributed by atoms with Crippen molar-refractivity contribution in [3.05, 3.63) is 65.2 Å². The lowest BCUT2D eigenvalue weighted by molar-refractivity contribution is 0.309. The Labute approximate surface area is 136 Å². The number of benzene rings is 2. The van der Waals surface area contributed by atoms with Crippen molar-refractivity contribution in [3.8, 4) is 5.75 Å². The molecule has 2 aromatic rings. The fourth-order valence-electron chi connectivity index (χ4n) is 2.53. The second-order valence-electron chi connectivity index (χ2n) is 5.65. The average Bonchev–Trinajstić information content (AvgIpc) is 2.54.